The Morgan fingerprint density at radius 2 is 1.83 bits per heavy atom. The molecule has 0 unspecified atom stereocenters. The molecule has 0 aromatic heterocycles. The lowest BCUT2D eigenvalue weighted by molar-refractivity contribution is 0.317. The maximum absolute atomic E-state index is 5.50. The second kappa shape index (κ2) is 4.15. The van der Waals surface area contributed by atoms with Gasteiger partial charge in [-0.25, -0.2) is 0 Å². The van der Waals surface area contributed by atoms with Crippen molar-refractivity contribution in [3.8, 4) is 5.75 Å². The van der Waals surface area contributed by atoms with E-state index in [0.717, 1.165) is 29.9 Å². The Labute approximate surface area is 74.4 Å². The Morgan fingerprint density at radius 1 is 1.25 bits per heavy atom. The zero-order valence-corrected chi connectivity index (χ0v) is 7.98. The second-order valence-corrected chi connectivity index (χ2v) is 3.03. The predicted molar refractivity (Wildman–Crippen MR) is 50.5 cm³/mol. The van der Waals surface area contributed by atoms with E-state index in [1.165, 1.54) is 0 Å². The molecule has 0 bridgehead atoms. The van der Waals surface area contributed by atoms with Gasteiger partial charge in [0.05, 0.1) is 6.61 Å². The van der Waals surface area contributed by atoms with Crippen LogP contribution in [0.4, 0.5) is 0 Å². The van der Waals surface area contributed by atoms with Crippen molar-refractivity contribution in [2.75, 3.05) is 6.61 Å². The number of hydrogen-bond donors (Lipinski definition) is 0. The molecule has 1 aromatic carbocycles. The van der Waals surface area contributed by atoms with E-state index in [9.17, 15) is 0 Å². The van der Waals surface area contributed by atoms with Crippen LogP contribution in [0.1, 0.15) is 24.5 Å². The number of ether oxygens (including phenoxy) is 1. The third-order valence-electron chi connectivity index (χ3n) is 1.58. The van der Waals surface area contributed by atoms with Crippen LogP contribution >= 0.6 is 0 Å². The molecular weight excluding hydrogens is 148 g/mol. The Hall–Kier alpha value is -0.980. The molecule has 0 saturated carbocycles. The summed E-state index contributed by atoms with van der Waals surface area (Å²) >= 11 is 0. The molecule has 1 nitrogen and oxygen atoms in total. The lowest BCUT2D eigenvalue weighted by Crippen LogP contribution is -1.95. The summed E-state index contributed by atoms with van der Waals surface area (Å²) in [5.74, 6) is 0.964. The smallest absolute Gasteiger partial charge is 0.119 e. The van der Waals surface area contributed by atoms with Crippen molar-refractivity contribution in [1.29, 1.82) is 0 Å². The number of aryl methyl sites for hydroxylation is 2. The summed E-state index contributed by atoms with van der Waals surface area (Å²) in [5, 5.41) is 0. The minimum absolute atomic E-state index is 0.795. The van der Waals surface area contributed by atoms with E-state index in [1.807, 2.05) is 26.0 Å². The standard InChI is InChI=1S/C11H15O/c1-4-5-12-11-7-9(2)6-10(3)8-11/h7-8H,4-5H2,1-3H3. The van der Waals surface area contributed by atoms with Crippen LogP contribution in [0.3, 0.4) is 0 Å². The van der Waals surface area contributed by atoms with Crippen molar-refractivity contribution in [1.82, 2.24) is 0 Å². The van der Waals surface area contributed by atoms with Gasteiger partial charge in [-0.05, 0) is 49.6 Å². The Bertz CT molecular complexity index is 233. The first-order valence-corrected chi connectivity index (χ1v) is 4.35. The molecule has 0 fully saturated rings. The minimum Gasteiger partial charge on any atom is -0.494 e. The number of benzene rings is 1. The summed E-state index contributed by atoms with van der Waals surface area (Å²) in [6.07, 6.45) is 1.05. The van der Waals surface area contributed by atoms with Crippen molar-refractivity contribution >= 4 is 0 Å². The van der Waals surface area contributed by atoms with Crippen molar-refractivity contribution in [2.24, 2.45) is 0 Å². The molecular formula is C11H15O. The van der Waals surface area contributed by atoms with Gasteiger partial charge >= 0.3 is 0 Å². The van der Waals surface area contributed by atoms with Gasteiger partial charge in [0.2, 0.25) is 0 Å². The fourth-order valence-electron chi connectivity index (χ4n) is 1.15. The van der Waals surface area contributed by atoms with Gasteiger partial charge in [0, 0.05) is 0 Å². The Kier molecular flexibility index (Phi) is 3.15. The van der Waals surface area contributed by atoms with Crippen molar-refractivity contribution in [3.63, 3.8) is 0 Å². The van der Waals surface area contributed by atoms with E-state index < -0.39 is 0 Å². The second-order valence-electron chi connectivity index (χ2n) is 3.03. The summed E-state index contributed by atoms with van der Waals surface area (Å²) in [4.78, 5) is 0. The molecule has 1 aromatic rings. The number of rotatable bonds is 3. The predicted octanol–water partition coefficient (Wildman–Crippen LogP) is 2.89. The highest BCUT2D eigenvalue weighted by Crippen LogP contribution is 2.15. The van der Waals surface area contributed by atoms with Crippen molar-refractivity contribution in [3.05, 3.63) is 29.3 Å². The molecule has 12 heavy (non-hydrogen) atoms. The van der Waals surface area contributed by atoms with Crippen LogP contribution in [0.5, 0.6) is 5.75 Å². The van der Waals surface area contributed by atoms with E-state index in [4.69, 9.17) is 4.74 Å². The van der Waals surface area contributed by atoms with Crippen LogP contribution in [-0.4, -0.2) is 6.61 Å². The van der Waals surface area contributed by atoms with Gasteiger partial charge in [0.25, 0.3) is 0 Å². The van der Waals surface area contributed by atoms with Crippen LogP contribution < -0.4 is 4.74 Å². The first kappa shape index (κ1) is 9.11. The van der Waals surface area contributed by atoms with Crippen LogP contribution in [0.15, 0.2) is 12.1 Å². The van der Waals surface area contributed by atoms with E-state index in [-0.39, 0.29) is 0 Å². The van der Waals surface area contributed by atoms with Crippen LogP contribution in [0.25, 0.3) is 0 Å². The fourth-order valence-corrected chi connectivity index (χ4v) is 1.15. The quantitative estimate of drug-likeness (QED) is 0.665. The lowest BCUT2D eigenvalue weighted by atomic mass is 10.1. The number of hydrogen-bond acceptors (Lipinski definition) is 1. The Balaban J connectivity index is 2.72. The molecule has 0 aliphatic carbocycles. The van der Waals surface area contributed by atoms with Crippen molar-refractivity contribution in [2.45, 2.75) is 27.2 Å². The maximum Gasteiger partial charge on any atom is 0.119 e. The largest absolute Gasteiger partial charge is 0.494 e. The molecule has 0 amide bonds. The average molecular weight is 163 g/mol. The Morgan fingerprint density at radius 3 is 2.33 bits per heavy atom. The molecule has 0 saturated heterocycles. The molecule has 0 heterocycles. The van der Waals surface area contributed by atoms with Gasteiger partial charge in [-0.2, -0.15) is 0 Å². The topological polar surface area (TPSA) is 9.23 Å². The van der Waals surface area contributed by atoms with E-state index in [0.29, 0.717) is 0 Å². The molecule has 0 aliphatic rings. The molecule has 0 spiro atoms. The van der Waals surface area contributed by atoms with Gasteiger partial charge in [-0.1, -0.05) is 6.92 Å². The molecule has 65 valence electrons. The molecule has 1 radical (unpaired) electrons. The van der Waals surface area contributed by atoms with E-state index in [1.54, 1.807) is 0 Å². The first-order valence-electron chi connectivity index (χ1n) is 4.35. The monoisotopic (exact) mass is 163 g/mol. The van der Waals surface area contributed by atoms with Crippen LogP contribution in [0, 0.1) is 19.9 Å². The summed E-state index contributed by atoms with van der Waals surface area (Å²) in [5.41, 5.74) is 2.28. The minimum atomic E-state index is 0.795. The van der Waals surface area contributed by atoms with E-state index in [2.05, 4.69) is 13.0 Å². The zero-order valence-electron chi connectivity index (χ0n) is 7.98. The van der Waals surface area contributed by atoms with Crippen LogP contribution in [-0.2, 0) is 0 Å². The lowest BCUT2D eigenvalue weighted by Gasteiger charge is -2.05. The normalized spacial score (nSPS) is 9.92. The molecule has 1 heteroatoms. The SMILES string of the molecule is CCCOc1cc(C)[c]c(C)c1. The summed E-state index contributed by atoms with van der Waals surface area (Å²) in [6.45, 7) is 6.97. The third kappa shape index (κ3) is 2.57. The highest BCUT2D eigenvalue weighted by atomic mass is 16.5. The fraction of sp³-hybridized carbons (Fsp3) is 0.455. The van der Waals surface area contributed by atoms with Gasteiger partial charge in [0.1, 0.15) is 5.75 Å². The summed E-state index contributed by atoms with van der Waals surface area (Å²) < 4.78 is 5.50. The molecule has 1 rings (SSSR count). The maximum atomic E-state index is 5.50. The summed E-state index contributed by atoms with van der Waals surface area (Å²) in [6, 6.07) is 7.24. The highest BCUT2D eigenvalue weighted by molar-refractivity contribution is 5.31. The summed E-state index contributed by atoms with van der Waals surface area (Å²) in [7, 11) is 0. The van der Waals surface area contributed by atoms with E-state index >= 15 is 0 Å². The van der Waals surface area contributed by atoms with Gasteiger partial charge in [-0.3, -0.25) is 0 Å². The third-order valence-corrected chi connectivity index (χ3v) is 1.58. The zero-order chi connectivity index (χ0) is 8.97. The molecule has 0 atom stereocenters. The van der Waals surface area contributed by atoms with Gasteiger partial charge < -0.3 is 4.74 Å². The van der Waals surface area contributed by atoms with Gasteiger partial charge in [0.15, 0.2) is 0 Å². The van der Waals surface area contributed by atoms with Crippen molar-refractivity contribution < 1.29 is 4.74 Å². The average Bonchev–Trinajstić information content (AvgIpc) is 1.99. The molecule has 0 N–H and O–H groups in total. The van der Waals surface area contributed by atoms with Gasteiger partial charge in [-0.15, -0.1) is 0 Å². The molecule has 0 aliphatic heterocycles. The first-order chi connectivity index (χ1) is 5.72. The van der Waals surface area contributed by atoms with Crippen LogP contribution in [0.2, 0.25) is 0 Å². The highest BCUT2D eigenvalue weighted by Gasteiger charge is 1.95.